The highest BCUT2D eigenvalue weighted by Gasteiger charge is 2.20. The van der Waals surface area contributed by atoms with Crippen molar-refractivity contribution >= 4 is 33.2 Å². The highest BCUT2D eigenvalue weighted by molar-refractivity contribution is 6.14. The number of ether oxygens (including phenoxy) is 1. The smallest absolute Gasteiger partial charge is 0.186 e. The molecule has 0 fully saturated rings. The van der Waals surface area contributed by atoms with Crippen LogP contribution in [0, 0.1) is 0 Å². The molecule has 4 heteroatoms. The molecular weight excluding hydrogens is 540 g/mol. The van der Waals surface area contributed by atoms with Gasteiger partial charge in [0, 0.05) is 64.0 Å². The Labute approximate surface area is 257 Å². The van der Waals surface area contributed by atoms with Crippen LogP contribution in [-0.4, -0.2) is 22.0 Å². The molecule has 0 aliphatic carbocycles. The fourth-order valence-corrected chi connectivity index (χ4v) is 6.01. The van der Waals surface area contributed by atoms with E-state index in [2.05, 4.69) is 119 Å². The second kappa shape index (κ2) is 11.9. The summed E-state index contributed by atoms with van der Waals surface area (Å²) in [6.07, 6.45) is 6.22. The lowest BCUT2D eigenvalue weighted by atomic mass is 9.94. The summed E-state index contributed by atoms with van der Waals surface area (Å²) in [5, 5.41) is 2.22. The van der Waals surface area contributed by atoms with Gasteiger partial charge in [0.2, 0.25) is 0 Å². The van der Waals surface area contributed by atoms with Gasteiger partial charge in [0.05, 0.1) is 7.11 Å². The Hall–Kier alpha value is -5.61. The zero-order valence-electron chi connectivity index (χ0n) is 24.6. The number of hydrogen-bond donors (Lipinski definition) is 0. The Morgan fingerprint density at radius 1 is 0.591 bits per heavy atom. The molecule has 0 spiro atoms. The molecule has 0 saturated carbocycles. The van der Waals surface area contributed by atoms with Crippen molar-refractivity contribution in [1.82, 2.24) is 9.13 Å². The molecule has 0 N–H and O–H groups in total. The van der Waals surface area contributed by atoms with Crippen LogP contribution in [-0.2, 0) is 13.1 Å². The Bertz CT molecular complexity index is 1980. The Morgan fingerprint density at radius 2 is 1.05 bits per heavy atom. The summed E-state index contributed by atoms with van der Waals surface area (Å²) in [4.78, 5) is 13.9. The molecule has 7 rings (SSSR count). The molecular formula is C40H32N2O2. The number of nitrogens with zero attached hydrogens (tertiary/aromatic N) is 2. The van der Waals surface area contributed by atoms with Crippen LogP contribution in [0.5, 0.6) is 5.75 Å². The van der Waals surface area contributed by atoms with Crippen molar-refractivity contribution in [3.63, 3.8) is 0 Å². The number of carbonyl (C=O) groups excluding carboxylic acids is 1. The Balaban J connectivity index is 1.43. The molecule has 44 heavy (non-hydrogen) atoms. The van der Waals surface area contributed by atoms with Gasteiger partial charge in [-0.3, -0.25) is 4.79 Å². The maximum Gasteiger partial charge on any atom is 0.186 e. The number of carbonyl (C=O) groups is 1. The summed E-state index contributed by atoms with van der Waals surface area (Å²) in [5.74, 6) is 0.668. The lowest BCUT2D eigenvalue weighted by Gasteiger charge is -2.08. The summed E-state index contributed by atoms with van der Waals surface area (Å²) in [5.41, 5.74) is 8.27. The molecule has 5 aromatic carbocycles. The minimum Gasteiger partial charge on any atom is -0.497 e. The van der Waals surface area contributed by atoms with Gasteiger partial charge in [-0.15, -0.1) is 0 Å². The molecule has 7 aromatic rings. The van der Waals surface area contributed by atoms with Crippen LogP contribution < -0.4 is 4.74 Å². The molecule has 0 amide bonds. The predicted molar refractivity (Wildman–Crippen MR) is 179 cm³/mol. The predicted octanol–water partition coefficient (Wildman–Crippen LogP) is 9.02. The summed E-state index contributed by atoms with van der Waals surface area (Å²) in [6, 6.07) is 45.2. The van der Waals surface area contributed by atoms with E-state index in [9.17, 15) is 4.79 Å². The molecule has 4 nitrogen and oxygen atoms in total. The van der Waals surface area contributed by atoms with Gasteiger partial charge in [-0.05, 0) is 59.2 Å². The van der Waals surface area contributed by atoms with Crippen LogP contribution in [0.4, 0.5) is 0 Å². The van der Waals surface area contributed by atoms with Crippen LogP contribution in [0.25, 0.3) is 27.4 Å². The fourth-order valence-electron chi connectivity index (χ4n) is 6.01. The van der Waals surface area contributed by atoms with E-state index in [0.717, 1.165) is 57.3 Å². The van der Waals surface area contributed by atoms with Gasteiger partial charge in [-0.1, -0.05) is 97.1 Å². The largest absolute Gasteiger partial charge is 0.497 e. The number of methoxy groups -OCH3 is 1. The maximum absolute atomic E-state index is 13.9. The summed E-state index contributed by atoms with van der Waals surface area (Å²) in [6.45, 7) is 1.47. The second-order valence-corrected chi connectivity index (χ2v) is 11.0. The van der Waals surface area contributed by atoms with Crippen molar-refractivity contribution in [3.05, 3.63) is 180 Å². The number of ketones is 1. The van der Waals surface area contributed by atoms with Crippen LogP contribution in [0.3, 0.4) is 0 Å². The SMILES string of the molecule is COc1ccc(C(=O)C=C(c2cn(Cc3ccccc3)c3ccccc23)c2cn(Cc3ccccc3)c3ccccc23)cc1. The van der Waals surface area contributed by atoms with Crippen molar-refractivity contribution in [3.8, 4) is 5.75 Å². The van der Waals surface area contributed by atoms with Crippen LogP contribution in [0.2, 0.25) is 0 Å². The first-order chi connectivity index (χ1) is 21.7. The molecule has 214 valence electrons. The van der Waals surface area contributed by atoms with Crippen molar-refractivity contribution in [2.75, 3.05) is 7.11 Å². The lowest BCUT2D eigenvalue weighted by molar-refractivity contribution is 0.104. The normalized spacial score (nSPS) is 11.1. The zero-order chi connectivity index (χ0) is 29.9. The molecule has 0 unspecified atom stereocenters. The standard InChI is InChI=1S/C40H32N2O2/c1-44-32-22-20-31(21-23-32)40(43)24-35(36-27-41(25-29-12-4-2-5-13-29)38-18-10-8-16-33(36)38)37-28-42(26-30-14-6-3-7-15-30)39-19-11-9-17-34(37)39/h2-24,27-28H,25-26H2,1H3. The zero-order valence-corrected chi connectivity index (χ0v) is 24.6. The van der Waals surface area contributed by atoms with Gasteiger partial charge in [-0.2, -0.15) is 0 Å². The van der Waals surface area contributed by atoms with E-state index >= 15 is 0 Å². The van der Waals surface area contributed by atoms with Crippen LogP contribution in [0.1, 0.15) is 32.6 Å². The minimum absolute atomic E-state index is 0.0533. The first-order valence-electron chi connectivity index (χ1n) is 14.8. The number of benzene rings is 5. The molecule has 0 atom stereocenters. The molecule has 2 heterocycles. The van der Waals surface area contributed by atoms with Crippen molar-refractivity contribution in [2.24, 2.45) is 0 Å². The number of aromatic nitrogens is 2. The Kier molecular flexibility index (Phi) is 7.39. The number of fused-ring (bicyclic) bond motifs is 2. The van der Waals surface area contributed by atoms with E-state index in [1.165, 1.54) is 11.1 Å². The number of allylic oxidation sites excluding steroid dienone is 1. The monoisotopic (exact) mass is 572 g/mol. The molecule has 0 bridgehead atoms. The number of para-hydroxylation sites is 2. The quantitative estimate of drug-likeness (QED) is 0.128. The van der Waals surface area contributed by atoms with E-state index in [0.29, 0.717) is 5.56 Å². The fraction of sp³-hybridized carbons (Fsp3) is 0.0750. The van der Waals surface area contributed by atoms with Gasteiger partial charge in [0.1, 0.15) is 5.75 Å². The molecule has 2 aromatic heterocycles. The van der Waals surface area contributed by atoms with Crippen molar-refractivity contribution in [2.45, 2.75) is 13.1 Å². The molecule has 0 aliphatic rings. The van der Waals surface area contributed by atoms with E-state index in [4.69, 9.17) is 4.74 Å². The first-order valence-corrected chi connectivity index (χ1v) is 14.8. The molecule has 0 aliphatic heterocycles. The summed E-state index contributed by atoms with van der Waals surface area (Å²) in [7, 11) is 1.63. The van der Waals surface area contributed by atoms with Gasteiger partial charge >= 0.3 is 0 Å². The van der Waals surface area contributed by atoms with Crippen molar-refractivity contribution in [1.29, 1.82) is 0 Å². The molecule has 0 radical (unpaired) electrons. The third-order valence-corrected chi connectivity index (χ3v) is 8.20. The van der Waals surface area contributed by atoms with Crippen LogP contribution >= 0.6 is 0 Å². The third-order valence-electron chi connectivity index (χ3n) is 8.20. The third kappa shape index (κ3) is 5.34. The highest BCUT2D eigenvalue weighted by Crippen LogP contribution is 2.37. The second-order valence-electron chi connectivity index (χ2n) is 11.0. The van der Waals surface area contributed by atoms with E-state index in [1.54, 1.807) is 7.11 Å². The number of rotatable bonds is 9. The van der Waals surface area contributed by atoms with Crippen molar-refractivity contribution < 1.29 is 9.53 Å². The lowest BCUT2D eigenvalue weighted by Crippen LogP contribution is -1.99. The van der Waals surface area contributed by atoms with E-state index in [-0.39, 0.29) is 5.78 Å². The average molecular weight is 573 g/mol. The average Bonchev–Trinajstić information content (AvgIpc) is 3.63. The first kappa shape index (κ1) is 27.2. The van der Waals surface area contributed by atoms with E-state index in [1.807, 2.05) is 42.5 Å². The van der Waals surface area contributed by atoms with Crippen LogP contribution in [0.15, 0.2) is 152 Å². The summed E-state index contributed by atoms with van der Waals surface area (Å²) < 4.78 is 9.91. The topological polar surface area (TPSA) is 36.2 Å². The maximum atomic E-state index is 13.9. The van der Waals surface area contributed by atoms with Gasteiger partial charge < -0.3 is 13.9 Å². The Morgan fingerprint density at radius 3 is 1.52 bits per heavy atom. The number of hydrogen-bond acceptors (Lipinski definition) is 2. The molecule has 0 saturated heterocycles. The van der Waals surface area contributed by atoms with Gasteiger partial charge in [-0.25, -0.2) is 0 Å². The van der Waals surface area contributed by atoms with E-state index < -0.39 is 0 Å². The minimum atomic E-state index is -0.0533. The summed E-state index contributed by atoms with van der Waals surface area (Å²) >= 11 is 0. The highest BCUT2D eigenvalue weighted by atomic mass is 16.5. The van der Waals surface area contributed by atoms with Gasteiger partial charge in [0.15, 0.2) is 5.78 Å². The van der Waals surface area contributed by atoms with Gasteiger partial charge in [0.25, 0.3) is 0 Å².